The van der Waals surface area contributed by atoms with Gasteiger partial charge in [0, 0.05) is 23.8 Å². The van der Waals surface area contributed by atoms with Crippen molar-refractivity contribution in [3.8, 4) is 0 Å². The molecule has 0 saturated heterocycles. The minimum absolute atomic E-state index is 0.0323. The Morgan fingerprint density at radius 1 is 1.19 bits per heavy atom. The number of nitro groups is 1. The van der Waals surface area contributed by atoms with E-state index in [1.165, 1.54) is 6.07 Å². The fourth-order valence-electron chi connectivity index (χ4n) is 2.77. The second kappa shape index (κ2) is 8.18. The summed E-state index contributed by atoms with van der Waals surface area (Å²) in [6.07, 6.45) is 1.12. The highest BCUT2D eigenvalue weighted by atomic mass is 79.9. The zero-order valence-electron chi connectivity index (χ0n) is 13.9. The normalized spacial score (nSPS) is 18.5. The van der Waals surface area contributed by atoms with Gasteiger partial charge in [0.15, 0.2) is 0 Å². The highest BCUT2D eigenvalue weighted by Gasteiger charge is 2.30. The predicted octanol–water partition coefficient (Wildman–Crippen LogP) is 4.23. The number of hydrogen-bond acceptors (Lipinski definition) is 5. The Morgan fingerprint density at radius 2 is 1.92 bits per heavy atom. The first kappa shape index (κ1) is 18.2. The summed E-state index contributed by atoms with van der Waals surface area (Å²) in [5.74, 6) is 0. The molecule has 0 spiro atoms. The van der Waals surface area contributed by atoms with E-state index in [4.69, 9.17) is 4.74 Å². The van der Waals surface area contributed by atoms with Gasteiger partial charge in [-0.05, 0) is 46.5 Å². The van der Waals surface area contributed by atoms with Gasteiger partial charge >= 0.3 is 6.09 Å². The number of halogens is 1. The van der Waals surface area contributed by atoms with Crippen LogP contribution in [-0.2, 0) is 11.3 Å². The zero-order chi connectivity index (χ0) is 18.5. The summed E-state index contributed by atoms with van der Waals surface area (Å²) in [6.45, 7) is 0.248. The van der Waals surface area contributed by atoms with Crippen LogP contribution >= 0.6 is 15.9 Å². The van der Waals surface area contributed by atoms with Gasteiger partial charge in [-0.1, -0.05) is 30.3 Å². The number of carbonyl (C=O) groups is 1. The number of alkyl carbamates (subject to hydrolysis) is 1. The third-order valence-electron chi connectivity index (χ3n) is 4.19. The first-order chi connectivity index (χ1) is 12.5. The van der Waals surface area contributed by atoms with E-state index in [0.29, 0.717) is 4.47 Å². The molecule has 136 valence electrons. The highest BCUT2D eigenvalue weighted by Crippen LogP contribution is 2.30. The van der Waals surface area contributed by atoms with Crippen LogP contribution in [0.5, 0.6) is 0 Å². The minimum atomic E-state index is -0.432. The van der Waals surface area contributed by atoms with Crippen molar-refractivity contribution in [2.24, 2.45) is 0 Å². The van der Waals surface area contributed by atoms with Gasteiger partial charge < -0.3 is 15.4 Å². The van der Waals surface area contributed by atoms with Crippen molar-refractivity contribution >= 4 is 33.4 Å². The quantitative estimate of drug-likeness (QED) is 0.539. The smallest absolute Gasteiger partial charge is 0.407 e. The molecule has 0 aliphatic heterocycles. The monoisotopic (exact) mass is 419 g/mol. The molecule has 1 aliphatic rings. The molecule has 0 bridgehead atoms. The zero-order valence-corrected chi connectivity index (χ0v) is 15.4. The lowest BCUT2D eigenvalue weighted by Gasteiger charge is -2.36. The van der Waals surface area contributed by atoms with E-state index in [2.05, 4.69) is 26.6 Å². The lowest BCUT2D eigenvalue weighted by atomic mass is 9.86. The van der Waals surface area contributed by atoms with Gasteiger partial charge in [0.25, 0.3) is 5.69 Å². The molecule has 0 heterocycles. The van der Waals surface area contributed by atoms with Crippen LogP contribution in [0.4, 0.5) is 16.2 Å². The molecule has 1 aliphatic carbocycles. The third kappa shape index (κ3) is 4.72. The maximum Gasteiger partial charge on any atom is 0.407 e. The van der Waals surface area contributed by atoms with Crippen LogP contribution in [0.15, 0.2) is 53.0 Å². The van der Waals surface area contributed by atoms with Crippen molar-refractivity contribution in [1.82, 2.24) is 5.32 Å². The number of nitro benzene ring substituents is 1. The number of benzene rings is 2. The average Bonchev–Trinajstić information content (AvgIpc) is 2.59. The fourth-order valence-corrected chi connectivity index (χ4v) is 3.29. The van der Waals surface area contributed by atoms with Crippen LogP contribution < -0.4 is 10.6 Å². The van der Waals surface area contributed by atoms with Gasteiger partial charge in [0.05, 0.1) is 9.40 Å². The Hall–Kier alpha value is -2.61. The minimum Gasteiger partial charge on any atom is -0.445 e. The van der Waals surface area contributed by atoms with E-state index in [1.807, 2.05) is 30.3 Å². The molecule has 2 N–H and O–H groups in total. The molecule has 2 aromatic carbocycles. The summed E-state index contributed by atoms with van der Waals surface area (Å²) in [7, 11) is 0. The third-order valence-corrected chi connectivity index (χ3v) is 4.82. The number of hydrogen-bond donors (Lipinski definition) is 2. The van der Waals surface area contributed by atoms with Crippen LogP contribution in [-0.4, -0.2) is 23.1 Å². The van der Waals surface area contributed by atoms with Gasteiger partial charge in [0.2, 0.25) is 0 Å². The Bertz CT molecular complexity index is 794. The van der Waals surface area contributed by atoms with Crippen LogP contribution in [0, 0.1) is 10.1 Å². The number of rotatable bonds is 6. The average molecular weight is 420 g/mol. The van der Waals surface area contributed by atoms with Gasteiger partial charge in [-0.3, -0.25) is 10.1 Å². The van der Waals surface area contributed by atoms with Gasteiger partial charge in [-0.2, -0.15) is 0 Å². The predicted molar refractivity (Wildman–Crippen MR) is 101 cm³/mol. The number of nitrogens with zero attached hydrogens (tertiary/aromatic N) is 1. The first-order valence-electron chi connectivity index (χ1n) is 8.19. The van der Waals surface area contributed by atoms with E-state index in [0.717, 1.165) is 24.1 Å². The standard InChI is InChI=1S/C18H18BrN3O4/c19-16-10-13(6-7-17(16)22(24)25)20-14-8-15(9-14)21-18(23)26-11-12-4-2-1-3-5-12/h1-7,10,14-15,20H,8-9,11H2,(H,21,23). The van der Waals surface area contributed by atoms with Gasteiger partial charge in [-0.15, -0.1) is 0 Å². The molecule has 1 amide bonds. The molecular weight excluding hydrogens is 402 g/mol. The Balaban J connectivity index is 1.39. The van der Waals surface area contributed by atoms with Crippen LogP contribution in [0.2, 0.25) is 0 Å². The van der Waals surface area contributed by atoms with Crippen LogP contribution in [0.1, 0.15) is 18.4 Å². The summed E-state index contributed by atoms with van der Waals surface area (Å²) in [4.78, 5) is 22.2. The second-order valence-electron chi connectivity index (χ2n) is 6.14. The van der Waals surface area contributed by atoms with Gasteiger partial charge in [0.1, 0.15) is 6.61 Å². The molecule has 2 aromatic rings. The lowest BCUT2D eigenvalue weighted by molar-refractivity contribution is -0.385. The van der Waals surface area contributed by atoms with Crippen molar-refractivity contribution in [3.05, 3.63) is 68.7 Å². The van der Waals surface area contributed by atoms with E-state index in [-0.39, 0.29) is 24.4 Å². The van der Waals surface area contributed by atoms with Crippen molar-refractivity contribution in [3.63, 3.8) is 0 Å². The molecule has 3 rings (SSSR count). The number of amides is 1. The lowest BCUT2D eigenvalue weighted by Crippen LogP contribution is -2.49. The molecule has 26 heavy (non-hydrogen) atoms. The molecule has 1 saturated carbocycles. The molecule has 0 atom stereocenters. The molecule has 8 heteroatoms. The number of ether oxygens (including phenoxy) is 1. The fraction of sp³-hybridized carbons (Fsp3) is 0.278. The largest absolute Gasteiger partial charge is 0.445 e. The summed E-state index contributed by atoms with van der Waals surface area (Å²) >= 11 is 3.20. The van der Waals surface area contributed by atoms with Crippen molar-refractivity contribution in [2.75, 3.05) is 5.32 Å². The van der Waals surface area contributed by atoms with E-state index >= 15 is 0 Å². The molecule has 7 nitrogen and oxygen atoms in total. The molecule has 0 aromatic heterocycles. The van der Waals surface area contributed by atoms with E-state index in [9.17, 15) is 14.9 Å². The maximum atomic E-state index is 11.8. The molecule has 1 fully saturated rings. The Morgan fingerprint density at radius 3 is 2.58 bits per heavy atom. The molecule has 0 radical (unpaired) electrons. The van der Waals surface area contributed by atoms with Crippen molar-refractivity contribution in [2.45, 2.75) is 31.5 Å². The number of anilines is 1. The Kier molecular flexibility index (Phi) is 5.72. The van der Waals surface area contributed by atoms with E-state index in [1.54, 1.807) is 12.1 Å². The number of carbonyl (C=O) groups excluding carboxylic acids is 1. The summed E-state index contributed by atoms with van der Waals surface area (Å²) in [5.41, 5.74) is 1.78. The summed E-state index contributed by atoms with van der Waals surface area (Å²) in [6, 6.07) is 14.6. The SMILES string of the molecule is O=C(NC1CC(Nc2ccc([N+](=O)[O-])c(Br)c2)C1)OCc1ccccc1. The highest BCUT2D eigenvalue weighted by molar-refractivity contribution is 9.10. The van der Waals surface area contributed by atoms with Crippen molar-refractivity contribution < 1.29 is 14.5 Å². The Labute approximate surface area is 159 Å². The first-order valence-corrected chi connectivity index (χ1v) is 8.98. The van der Waals surface area contributed by atoms with E-state index < -0.39 is 11.0 Å². The maximum absolute atomic E-state index is 11.8. The summed E-state index contributed by atoms with van der Waals surface area (Å²) in [5, 5.41) is 17.0. The topological polar surface area (TPSA) is 93.5 Å². The van der Waals surface area contributed by atoms with Gasteiger partial charge in [-0.25, -0.2) is 4.79 Å². The number of nitrogens with one attached hydrogen (secondary N) is 2. The second-order valence-corrected chi connectivity index (χ2v) is 6.99. The summed E-state index contributed by atoms with van der Waals surface area (Å²) < 4.78 is 5.63. The molecule has 0 unspecified atom stereocenters. The molecular formula is C18H18BrN3O4. The van der Waals surface area contributed by atoms with Crippen molar-refractivity contribution in [1.29, 1.82) is 0 Å². The van der Waals surface area contributed by atoms with Crippen LogP contribution in [0.3, 0.4) is 0 Å². The van der Waals surface area contributed by atoms with Crippen LogP contribution in [0.25, 0.3) is 0 Å².